The van der Waals surface area contributed by atoms with Crippen molar-refractivity contribution in [2.24, 2.45) is 0 Å². The van der Waals surface area contributed by atoms with Gasteiger partial charge in [0, 0.05) is 12.1 Å². The molecular weight excluding hydrogens is 400 g/mol. The van der Waals surface area contributed by atoms with E-state index >= 15 is 0 Å². The molecule has 0 aliphatic carbocycles. The first kappa shape index (κ1) is 22.8. The monoisotopic (exact) mass is 422 g/mol. The summed E-state index contributed by atoms with van der Waals surface area (Å²) in [6.07, 6.45) is -3.23. The first-order valence-corrected chi connectivity index (χ1v) is 8.76. The molecule has 2 rings (SSSR count). The predicted octanol–water partition coefficient (Wildman–Crippen LogP) is 0.861. The number of hydrogen-bond donors (Lipinski definition) is 6. The summed E-state index contributed by atoms with van der Waals surface area (Å²) in [5.41, 5.74) is 0.0643. The molecule has 0 amide bonds. The second kappa shape index (κ2) is 9.33. The number of ether oxygens (including phenoxy) is 2. The number of phenolic OH excluding ortho intramolecular Hbond substituents is 4. The number of aliphatic hydroxyl groups is 2. The number of phenols is 4. The van der Waals surface area contributed by atoms with E-state index in [9.17, 15) is 40.2 Å². The van der Waals surface area contributed by atoms with Crippen molar-refractivity contribution in [1.29, 1.82) is 0 Å². The molecule has 0 bridgehead atoms. The van der Waals surface area contributed by atoms with Crippen molar-refractivity contribution in [3.8, 4) is 23.0 Å². The van der Waals surface area contributed by atoms with Gasteiger partial charge in [0.15, 0.2) is 0 Å². The van der Waals surface area contributed by atoms with Gasteiger partial charge in [-0.2, -0.15) is 0 Å². The molecule has 0 spiro atoms. The second-order valence-electron chi connectivity index (χ2n) is 6.65. The molecule has 0 saturated carbocycles. The summed E-state index contributed by atoms with van der Waals surface area (Å²) in [5.74, 6) is -3.48. The molecule has 0 aliphatic heterocycles. The van der Waals surface area contributed by atoms with Crippen LogP contribution in [0.3, 0.4) is 0 Å². The molecule has 0 unspecified atom stereocenters. The van der Waals surface area contributed by atoms with Gasteiger partial charge in [0.1, 0.15) is 59.5 Å². The number of aliphatic hydroxyl groups excluding tert-OH is 2. The van der Waals surface area contributed by atoms with Gasteiger partial charge in [0.25, 0.3) is 0 Å². The van der Waals surface area contributed by atoms with Crippen molar-refractivity contribution in [2.45, 2.75) is 26.1 Å². The maximum Gasteiger partial charge on any atom is 0.342 e. The minimum Gasteiger partial charge on any atom is -0.508 e. The molecule has 2 aromatic rings. The molecule has 0 aliphatic rings. The number of hydrogen-bond acceptors (Lipinski definition) is 10. The van der Waals surface area contributed by atoms with Crippen molar-refractivity contribution < 1.29 is 49.7 Å². The Balaban J connectivity index is 1.92. The van der Waals surface area contributed by atoms with E-state index < -0.39 is 48.9 Å². The van der Waals surface area contributed by atoms with E-state index in [1.54, 1.807) is 0 Å². The Kier molecular flexibility index (Phi) is 7.09. The van der Waals surface area contributed by atoms with Crippen molar-refractivity contribution in [3.63, 3.8) is 0 Å². The highest BCUT2D eigenvalue weighted by atomic mass is 16.6. The Morgan fingerprint density at radius 2 is 1.07 bits per heavy atom. The Morgan fingerprint density at radius 3 is 1.37 bits per heavy atom. The summed E-state index contributed by atoms with van der Waals surface area (Å²) in [6.45, 7) is 1.59. The molecular formula is C20H22O10. The molecule has 2 aromatic carbocycles. The average Bonchev–Trinajstić information content (AvgIpc) is 2.62. The van der Waals surface area contributed by atoms with E-state index in [-0.39, 0.29) is 33.8 Å². The fourth-order valence-electron chi connectivity index (χ4n) is 2.72. The zero-order valence-electron chi connectivity index (χ0n) is 16.2. The Labute approximate surface area is 171 Å². The SMILES string of the molecule is Cc1cc(O)cc(O)c1C(=O)OC[C@@H](O)[C@H](O)COC(=O)c1c(C)cc(O)cc1O. The topological polar surface area (TPSA) is 174 Å². The Hall–Kier alpha value is -3.50. The summed E-state index contributed by atoms with van der Waals surface area (Å²) in [7, 11) is 0. The van der Waals surface area contributed by atoms with Crippen LogP contribution in [0.15, 0.2) is 24.3 Å². The zero-order chi connectivity index (χ0) is 22.6. The van der Waals surface area contributed by atoms with Gasteiger partial charge >= 0.3 is 11.9 Å². The molecule has 2 atom stereocenters. The number of aromatic hydroxyl groups is 4. The number of carbonyl (C=O) groups is 2. The lowest BCUT2D eigenvalue weighted by Gasteiger charge is -2.18. The lowest BCUT2D eigenvalue weighted by atomic mass is 10.1. The van der Waals surface area contributed by atoms with E-state index in [1.165, 1.54) is 26.0 Å². The van der Waals surface area contributed by atoms with Gasteiger partial charge in [0.05, 0.1) is 0 Å². The van der Waals surface area contributed by atoms with Crippen LogP contribution in [-0.4, -0.2) is 68.0 Å². The minimum atomic E-state index is -1.61. The van der Waals surface area contributed by atoms with Gasteiger partial charge in [-0.1, -0.05) is 0 Å². The van der Waals surface area contributed by atoms with Crippen LogP contribution in [0.2, 0.25) is 0 Å². The van der Waals surface area contributed by atoms with Crippen molar-refractivity contribution in [1.82, 2.24) is 0 Å². The summed E-state index contributed by atoms with van der Waals surface area (Å²) in [4.78, 5) is 24.2. The van der Waals surface area contributed by atoms with Gasteiger partial charge in [-0.25, -0.2) is 9.59 Å². The Bertz CT molecular complexity index is 829. The number of esters is 2. The molecule has 0 heterocycles. The molecule has 162 valence electrons. The number of aryl methyl sites for hydroxylation is 2. The van der Waals surface area contributed by atoms with E-state index in [1.807, 2.05) is 0 Å². The minimum absolute atomic E-state index is 0.209. The van der Waals surface area contributed by atoms with Crippen LogP contribution in [0.1, 0.15) is 31.8 Å². The maximum absolute atomic E-state index is 12.1. The fourth-order valence-corrected chi connectivity index (χ4v) is 2.72. The third-order valence-electron chi connectivity index (χ3n) is 4.22. The van der Waals surface area contributed by atoms with E-state index in [0.717, 1.165) is 12.1 Å². The smallest absolute Gasteiger partial charge is 0.342 e. The molecule has 0 radical (unpaired) electrons. The highest BCUT2D eigenvalue weighted by molar-refractivity contribution is 5.95. The van der Waals surface area contributed by atoms with Crippen LogP contribution in [0.4, 0.5) is 0 Å². The quantitative estimate of drug-likeness (QED) is 0.351. The van der Waals surface area contributed by atoms with Crippen LogP contribution in [-0.2, 0) is 9.47 Å². The van der Waals surface area contributed by atoms with Gasteiger partial charge in [-0.05, 0) is 37.1 Å². The largest absolute Gasteiger partial charge is 0.508 e. The predicted molar refractivity (Wildman–Crippen MR) is 102 cm³/mol. The van der Waals surface area contributed by atoms with E-state index in [4.69, 9.17) is 9.47 Å². The second-order valence-corrected chi connectivity index (χ2v) is 6.65. The lowest BCUT2D eigenvalue weighted by molar-refractivity contribution is -0.0530. The summed E-state index contributed by atoms with van der Waals surface area (Å²) in [5, 5.41) is 58.1. The van der Waals surface area contributed by atoms with Crippen LogP contribution < -0.4 is 0 Å². The summed E-state index contributed by atoms with van der Waals surface area (Å²) in [6, 6.07) is 4.38. The van der Waals surface area contributed by atoms with Gasteiger partial charge in [0.2, 0.25) is 0 Å². The van der Waals surface area contributed by atoms with E-state index in [2.05, 4.69) is 0 Å². The number of benzene rings is 2. The maximum atomic E-state index is 12.1. The first-order valence-electron chi connectivity index (χ1n) is 8.76. The summed E-state index contributed by atoms with van der Waals surface area (Å²) >= 11 is 0. The highest BCUT2D eigenvalue weighted by Gasteiger charge is 2.24. The van der Waals surface area contributed by atoms with Crippen molar-refractivity contribution in [3.05, 3.63) is 46.5 Å². The number of rotatable bonds is 7. The zero-order valence-corrected chi connectivity index (χ0v) is 16.2. The molecule has 0 aromatic heterocycles. The van der Waals surface area contributed by atoms with Gasteiger partial charge < -0.3 is 40.1 Å². The van der Waals surface area contributed by atoms with Crippen molar-refractivity contribution >= 4 is 11.9 Å². The molecule has 0 fully saturated rings. The molecule has 10 nitrogen and oxygen atoms in total. The van der Waals surface area contributed by atoms with E-state index in [0.29, 0.717) is 0 Å². The molecule has 6 N–H and O–H groups in total. The number of carbonyl (C=O) groups excluding carboxylic acids is 2. The molecule has 10 heteroatoms. The highest BCUT2D eigenvalue weighted by Crippen LogP contribution is 2.28. The third-order valence-corrected chi connectivity index (χ3v) is 4.22. The van der Waals surface area contributed by atoms with Crippen LogP contribution in [0, 0.1) is 13.8 Å². The third kappa shape index (κ3) is 5.31. The van der Waals surface area contributed by atoms with Crippen molar-refractivity contribution in [2.75, 3.05) is 13.2 Å². The summed E-state index contributed by atoms with van der Waals surface area (Å²) < 4.78 is 9.71. The van der Waals surface area contributed by atoms with Gasteiger partial charge in [-0.3, -0.25) is 0 Å². The fraction of sp³-hybridized carbons (Fsp3) is 0.300. The molecule has 0 saturated heterocycles. The van der Waals surface area contributed by atoms with Crippen LogP contribution >= 0.6 is 0 Å². The normalized spacial score (nSPS) is 12.8. The van der Waals surface area contributed by atoms with Crippen LogP contribution in [0.25, 0.3) is 0 Å². The first-order chi connectivity index (χ1) is 14.0. The average molecular weight is 422 g/mol. The van der Waals surface area contributed by atoms with Gasteiger partial charge in [-0.15, -0.1) is 0 Å². The Morgan fingerprint density at radius 1 is 0.733 bits per heavy atom. The standard InChI is InChI=1S/C20H22O10/c1-9-3-11(21)5-13(23)17(9)19(27)29-7-15(25)16(26)8-30-20(28)18-10(2)4-12(22)6-14(18)24/h3-6,15-16,21-26H,7-8H2,1-2H3/t15-,16-/m1/s1. The van der Waals surface area contributed by atoms with Crippen LogP contribution in [0.5, 0.6) is 23.0 Å². The molecule has 30 heavy (non-hydrogen) atoms. The lowest BCUT2D eigenvalue weighted by Crippen LogP contribution is -2.36.